The number of nitrogens with zero attached hydrogens (tertiary/aromatic N) is 5. The van der Waals surface area contributed by atoms with Crippen LogP contribution in [0.4, 0.5) is 18.9 Å². The summed E-state index contributed by atoms with van der Waals surface area (Å²) in [6.07, 6.45) is -4.01. The van der Waals surface area contributed by atoms with E-state index < -0.39 is 23.3 Å². The molecule has 0 bridgehead atoms. The molecule has 3 heterocycles. The van der Waals surface area contributed by atoms with E-state index in [1.807, 2.05) is 37.3 Å². The van der Waals surface area contributed by atoms with Crippen molar-refractivity contribution in [3.8, 4) is 11.7 Å². The number of nitrogens with one attached hydrogen (secondary N) is 1. The number of anilines is 1. The van der Waals surface area contributed by atoms with Crippen LogP contribution in [-0.4, -0.2) is 37.6 Å². The van der Waals surface area contributed by atoms with Gasteiger partial charge in [0.2, 0.25) is 5.88 Å². The molecule has 0 spiro atoms. The molecule has 0 aliphatic rings. The van der Waals surface area contributed by atoms with Gasteiger partial charge >= 0.3 is 6.18 Å². The van der Waals surface area contributed by atoms with E-state index in [4.69, 9.17) is 4.74 Å². The van der Waals surface area contributed by atoms with Gasteiger partial charge in [0.15, 0.2) is 11.5 Å². The first-order chi connectivity index (χ1) is 16.8. The van der Waals surface area contributed by atoms with Crippen molar-refractivity contribution < 1.29 is 22.7 Å². The summed E-state index contributed by atoms with van der Waals surface area (Å²) in [5.41, 5.74) is 0.485. The topological polar surface area (TPSA) is 86.9 Å². The van der Waals surface area contributed by atoms with Crippen LogP contribution in [0.25, 0.3) is 27.6 Å². The van der Waals surface area contributed by atoms with Crippen molar-refractivity contribution in [1.82, 2.24) is 24.5 Å². The highest BCUT2D eigenvalue weighted by molar-refractivity contribution is 6.11. The van der Waals surface area contributed by atoms with E-state index in [-0.39, 0.29) is 11.7 Å². The number of aromatic nitrogens is 5. The predicted molar refractivity (Wildman–Crippen MR) is 124 cm³/mol. The molecule has 1 amide bonds. The Hall–Kier alpha value is -4.41. The van der Waals surface area contributed by atoms with Gasteiger partial charge in [0.05, 0.1) is 18.9 Å². The molecule has 0 fully saturated rings. The third-order valence-electron chi connectivity index (χ3n) is 5.68. The summed E-state index contributed by atoms with van der Waals surface area (Å²) in [6, 6.07) is 15.7. The molecule has 0 saturated heterocycles. The van der Waals surface area contributed by atoms with Gasteiger partial charge < -0.3 is 14.6 Å². The maximum absolute atomic E-state index is 14.0. The number of rotatable bonds is 5. The number of benzene rings is 2. The highest BCUT2D eigenvalue weighted by atomic mass is 19.4. The SMILES string of the molecule is CCn1c2ccccc2c2cc(NC(=O)c3cnn(-c4ccc(OC)nn4)c3C(F)(F)F)ccc21. The Bertz CT molecular complexity index is 1550. The normalized spacial score (nSPS) is 11.8. The van der Waals surface area contributed by atoms with Crippen LogP contribution in [0, 0.1) is 0 Å². The summed E-state index contributed by atoms with van der Waals surface area (Å²) in [5.74, 6) is -1.01. The van der Waals surface area contributed by atoms with Crippen LogP contribution in [0.5, 0.6) is 5.88 Å². The number of aryl methyl sites for hydroxylation is 1. The Balaban J connectivity index is 1.53. The van der Waals surface area contributed by atoms with Gasteiger partial charge in [-0.15, -0.1) is 10.2 Å². The fourth-order valence-electron chi connectivity index (χ4n) is 4.17. The maximum atomic E-state index is 14.0. The number of amides is 1. The highest BCUT2D eigenvalue weighted by Gasteiger charge is 2.41. The van der Waals surface area contributed by atoms with E-state index in [1.54, 1.807) is 12.1 Å². The minimum atomic E-state index is -4.87. The Morgan fingerprint density at radius 1 is 1.03 bits per heavy atom. The van der Waals surface area contributed by atoms with E-state index in [0.29, 0.717) is 10.4 Å². The molecule has 5 rings (SSSR count). The number of alkyl halides is 3. The predicted octanol–water partition coefficient (Wildman–Crippen LogP) is 5.07. The van der Waals surface area contributed by atoms with Crippen LogP contribution < -0.4 is 10.1 Å². The quantitative estimate of drug-likeness (QED) is 0.380. The van der Waals surface area contributed by atoms with Crippen molar-refractivity contribution in [2.45, 2.75) is 19.6 Å². The second kappa shape index (κ2) is 8.42. The molecule has 11 heteroatoms. The van der Waals surface area contributed by atoms with Crippen molar-refractivity contribution in [2.24, 2.45) is 0 Å². The summed E-state index contributed by atoms with van der Waals surface area (Å²) in [6.45, 7) is 2.78. The van der Waals surface area contributed by atoms with Crippen molar-refractivity contribution in [1.29, 1.82) is 0 Å². The van der Waals surface area contributed by atoms with Gasteiger partial charge in [-0.25, -0.2) is 4.68 Å². The molecule has 5 aromatic rings. The summed E-state index contributed by atoms with van der Waals surface area (Å²) in [7, 11) is 1.36. The van der Waals surface area contributed by atoms with Crippen LogP contribution >= 0.6 is 0 Å². The number of carbonyl (C=O) groups excluding carboxylic acids is 1. The monoisotopic (exact) mass is 480 g/mol. The van der Waals surface area contributed by atoms with Crippen molar-refractivity contribution >= 4 is 33.4 Å². The fraction of sp³-hybridized carbons (Fsp3) is 0.167. The molecule has 0 atom stereocenters. The molecule has 1 N–H and O–H groups in total. The minimum absolute atomic E-state index is 0.132. The van der Waals surface area contributed by atoms with Crippen LogP contribution in [-0.2, 0) is 12.7 Å². The van der Waals surface area contributed by atoms with Gasteiger partial charge in [-0.1, -0.05) is 18.2 Å². The zero-order valence-electron chi connectivity index (χ0n) is 18.7. The summed E-state index contributed by atoms with van der Waals surface area (Å²) in [5, 5.41) is 15.6. The van der Waals surface area contributed by atoms with Crippen LogP contribution in [0.3, 0.4) is 0 Å². The highest BCUT2D eigenvalue weighted by Crippen LogP contribution is 2.35. The molecular weight excluding hydrogens is 461 g/mol. The first kappa shape index (κ1) is 22.4. The van der Waals surface area contributed by atoms with Gasteiger partial charge in [0.25, 0.3) is 5.91 Å². The van der Waals surface area contributed by atoms with Crippen LogP contribution in [0.1, 0.15) is 23.0 Å². The van der Waals surface area contributed by atoms with Crippen molar-refractivity contribution in [3.05, 3.63) is 72.1 Å². The molecule has 0 radical (unpaired) electrons. The number of carbonyl (C=O) groups is 1. The smallest absolute Gasteiger partial charge is 0.434 e. The summed E-state index contributed by atoms with van der Waals surface area (Å²) >= 11 is 0. The Morgan fingerprint density at radius 3 is 2.49 bits per heavy atom. The number of para-hydroxylation sites is 1. The van der Waals surface area contributed by atoms with Gasteiger partial charge in [0.1, 0.15) is 0 Å². The number of fused-ring (bicyclic) bond motifs is 3. The summed E-state index contributed by atoms with van der Waals surface area (Å²) < 4.78 is 49.5. The molecule has 8 nitrogen and oxygen atoms in total. The molecule has 0 aliphatic heterocycles. The largest absolute Gasteiger partial charge is 0.480 e. The van der Waals surface area contributed by atoms with Gasteiger partial charge in [-0.05, 0) is 37.3 Å². The lowest BCUT2D eigenvalue weighted by atomic mass is 10.1. The zero-order chi connectivity index (χ0) is 24.7. The van der Waals surface area contributed by atoms with Crippen LogP contribution in [0.2, 0.25) is 0 Å². The van der Waals surface area contributed by atoms with E-state index in [2.05, 4.69) is 25.2 Å². The number of halogens is 3. The number of hydrogen-bond donors (Lipinski definition) is 1. The average Bonchev–Trinajstić information content (AvgIpc) is 3.44. The van der Waals surface area contributed by atoms with E-state index in [0.717, 1.165) is 34.5 Å². The molecule has 0 saturated carbocycles. The molecule has 35 heavy (non-hydrogen) atoms. The van der Waals surface area contributed by atoms with Crippen molar-refractivity contribution in [3.63, 3.8) is 0 Å². The molecule has 0 unspecified atom stereocenters. The Labute approximate surface area is 196 Å². The lowest BCUT2D eigenvalue weighted by Gasteiger charge is -2.12. The van der Waals surface area contributed by atoms with Gasteiger partial charge in [0, 0.05) is 40.1 Å². The number of hydrogen-bond acceptors (Lipinski definition) is 5. The Kier molecular flexibility index (Phi) is 5.39. The second-order valence-electron chi connectivity index (χ2n) is 7.70. The minimum Gasteiger partial charge on any atom is -0.480 e. The van der Waals surface area contributed by atoms with Gasteiger partial charge in [-0.3, -0.25) is 4.79 Å². The fourth-order valence-corrected chi connectivity index (χ4v) is 4.17. The first-order valence-corrected chi connectivity index (χ1v) is 10.7. The zero-order valence-corrected chi connectivity index (χ0v) is 18.7. The third kappa shape index (κ3) is 3.84. The molecule has 3 aromatic heterocycles. The van der Waals surface area contributed by atoms with E-state index >= 15 is 0 Å². The third-order valence-corrected chi connectivity index (χ3v) is 5.68. The average molecular weight is 480 g/mol. The Morgan fingerprint density at radius 2 is 1.80 bits per heavy atom. The lowest BCUT2D eigenvalue weighted by Crippen LogP contribution is -2.21. The van der Waals surface area contributed by atoms with E-state index in [1.165, 1.54) is 19.2 Å². The number of methoxy groups -OCH3 is 1. The maximum Gasteiger partial charge on any atom is 0.434 e. The second-order valence-corrected chi connectivity index (χ2v) is 7.70. The standard InChI is InChI=1S/C24H19F3N6O2/c1-3-32-18-7-5-4-6-15(18)16-12-14(8-9-19(16)32)29-23(34)17-13-28-33(22(17)24(25,26)27)20-10-11-21(35-2)31-30-20/h4-13H,3H2,1-2H3,(H,29,34). The first-order valence-electron chi connectivity index (χ1n) is 10.7. The lowest BCUT2D eigenvalue weighted by molar-refractivity contribution is -0.143. The van der Waals surface area contributed by atoms with Crippen molar-refractivity contribution in [2.75, 3.05) is 12.4 Å². The molecule has 2 aromatic carbocycles. The van der Waals surface area contributed by atoms with Gasteiger partial charge in [-0.2, -0.15) is 18.3 Å². The molecule has 0 aliphatic carbocycles. The number of ether oxygens (including phenoxy) is 1. The summed E-state index contributed by atoms with van der Waals surface area (Å²) in [4.78, 5) is 13.0. The van der Waals surface area contributed by atoms with E-state index in [9.17, 15) is 18.0 Å². The van der Waals surface area contributed by atoms with Crippen LogP contribution in [0.15, 0.2) is 60.8 Å². The molecule has 178 valence electrons. The molecular formula is C24H19F3N6O2.